The zero-order valence-electron chi connectivity index (χ0n) is 11.4. The molecule has 20 heavy (non-hydrogen) atoms. The van der Waals surface area contributed by atoms with Gasteiger partial charge < -0.3 is 20.5 Å². The monoisotopic (exact) mass is 316 g/mol. The van der Waals surface area contributed by atoms with E-state index in [0.29, 0.717) is 15.4 Å². The molecule has 3 N–H and O–H groups in total. The van der Waals surface area contributed by atoms with Crippen molar-refractivity contribution in [1.29, 1.82) is 0 Å². The van der Waals surface area contributed by atoms with E-state index in [0.717, 1.165) is 11.3 Å². The number of esters is 2. The molecule has 0 aliphatic carbocycles. The molecule has 0 radical (unpaired) electrons. The van der Waals surface area contributed by atoms with Crippen LogP contribution in [-0.2, 0) is 9.47 Å². The molecule has 1 aromatic rings. The summed E-state index contributed by atoms with van der Waals surface area (Å²) < 4.78 is 9.92. The molecule has 1 aromatic heterocycles. The zero-order valence-corrected chi connectivity index (χ0v) is 13.1. The number of thiophene rings is 1. The molecule has 1 heterocycles. The Balaban J connectivity index is 3.27. The molecule has 0 amide bonds. The molecular weight excluding hydrogens is 300 g/mol. The predicted octanol–water partition coefficient (Wildman–Crippen LogP) is 2.07. The van der Waals surface area contributed by atoms with Gasteiger partial charge in [0.05, 0.1) is 18.8 Å². The molecule has 6 nitrogen and oxygen atoms in total. The van der Waals surface area contributed by atoms with Gasteiger partial charge in [0.15, 0.2) is 5.11 Å². The number of nitrogens with two attached hydrogens (primary N) is 1. The average molecular weight is 316 g/mol. The van der Waals surface area contributed by atoms with Crippen molar-refractivity contribution in [3.63, 3.8) is 0 Å². The lowest BCUT2D eigenvalue weighted by Gasteiger charge is -2.06. The first-order valence-electron chi connectivity index (χ1n) is 5.96. The maximum Gasteiger partial charge on any atom is 0.348 e. The predicted molar refractivity (Wildman–Crippen MR) is 81.4 cm³/mol. The lowest BCUT2D eigenvalue weighted by atomic mass is 10.1. The quantitative estimate of drug-likeness (QED) is 0.634. The van der Waals surface area contributed by atoms with Crippen molar-refractivity contribution in [3.05, 3.63) is 16.0 Å². The van der Waals surface area contributed by atoms with E-state index in [1.807, 2.05) is 0 Å². The van der Waals surface area contributed by atoms with E-state index in [1.54, 1.807) is 20.8 Å². The molecular formula is C12H16N2O4S2. The van der Waals surface area contributed by atoms with Gasteiger partial charge >= 0.3 is 11.9 Å². The fraction of sp³-hybridized carbons (Fsp3) is 0.417. The van der Waals surface area contributed by atoms with E-state index in [-0.39, 0.29) is 23.9 Å². The minimum Gasteiger partial charge on any atom is -0.462 e. The number of thiocarbonyl (C=S) groups is 1. The maximum absolute atomic E-state index is 12.0. The second-order valence-corrected chi connectivity index (χ2v) is 5.15. The number of carbonyl (C=O) groups excluding carboxylic acids is 2. The van der Waals surface area contributed by atoms with Crippen molar-refractivity contribution < 1.29 is 19.1 Å². The third-order valence-electron chi connectivity index (χ3n) is 2.32. The summed E-state index contributed by atoms with van der Waals surface area (Å²) in [5, 5.41) is 3.08. The number of nitrogens with one attached hydrogen (secondary N) is 1. The first-order valence-corrected chi connectivity index (χ1v) is 7.18. The fourth-order valence-electron chi connectivity index (χ4n) is 1.55. The van der Waals surface area contributed by atoms with Crippen molar-refractivity contribution in [2.24, 2.45) is 5.73 Å². The minimum atomic E-state index is -0.532. The summed E-state index contributed by atoms with van der Waals surface area (Å²) in [7, 11) is 0. The topological polar surface area (TPSA) is 90.6 Å². The molecule has 0 spiro atoms. The molecule has 0 fully saturated rings. The van der Waals surface area contributed by atoms with Gasteiger partial charge in [0.2, 0.25) is 0 Å². The highest BCUT2D eigenvalue weighted by Gasteiger charge is 2.26. The van der Waals surface area contributed by atoms with Crippen LogP contribution in [0.15, 0.2) is 0 Å². The van der Waals surface area contributed by atoms with Crippen molar-refractivity contribution in [1.82, 2.24) is 0 Å². The average Bonchev–Trinajstić information content (AvgIpc) is 2.66. The Morgan fingerprint density at radius 2 is 1.80 bits per heavy atom. The molecule has 0 saturated heterocycles. The normalized spacial score (nSPS) is 9.95. The zero-order chi connectivity index (χ0) is 15.3. The molecule has 0 aliphatic rings. The van der Waals surface area contributed by atoms with Gasteiger partial charge in [-0.2, -0.15) is 0 Å². The van der Waals surface area contributed by atoms with Crippen LogP contribution in [0.3, 0.4) is 0 Å². The van der Waals surface area contributed by atoms with Crippen LogP contribution in [-0.4, -0.2) is 30.3 Å². The number of hydrogen-bond acceptors (Lipinski definition) is 6. The smallest absolute Gasteiger partial charge is 0.348 e. The number of rotatable bonds is 5. The van der Waals surface area contributed by atoms with E-state index >= 15 is 0 Å². The van der Waals surface area contributed by atoms with Gasteiger partial charge in [0.25, 0.3) is 0 Å². The van der Waals surface area contributed by atoms with Crippen LogP contribution in [0.2, 0.25) is 0 Å². The van der Waals surface area contributed by atoms with Crippen molar-refractivity contribution in [2.75, 3.05) is 18.5 Å². The third kappa shape index (κ3) is 3.67. The Hall–Kier alpha value is -1.67. The first kappa shape index (κ1) is 16.4. The van der Waals surface area contributed by atoms with Gasteiger partial charge in [0, 0.05) is 0 Å². The molecule has 0 aromatic carbocycles. The Bertz CT molecular complexity index is 540. The molecule has 110 valence electrons. The minimum absolute atomic E-state index is 0.00667. The summed E-state index contributed by atoms with van der Waals surface area (Å²) in [6.45, 7) is 5.55. The van der Waals surface area contributed by atoms with Crippen LogP contribution in [0.1, 0.15) is 39.4 Å². The van der Waals surface area contributed by atoms with Crippen molar-refractivity contribution in [3.8, 4) is 0 Å². The van der Waals surface area contributed by atoms with E-state index in [9.17, 15) is 9.59 Å². The van der Waals surface area contributed by atoms with Gasteiger partial charge in [-0.25, -0.2) is 9.59 Å². The second kappa shape index (κ2) is 7.20. The highest BCUT2D eigenvalue weighted by Crippen LogP contribution is 2.34. The molecule has 0 bridgehead atoms. The highest BCUT2D eigenvalue weighted by molar-refractivity contribution is 7.80. The van der Waals surface area contributed by atoms with Gasteiger partial charge in [-0.15, -0.1) is 11.3 Å². The van der Waals surface area contributed by atoms with E-state index in [2.05, 4.69) is 5.32 Å². The van der Waals surface area contributed by atoms with Crippen LogP contribution in [0.4, 0.5) is 5.00 Å². The Morgan fingerprint density at radius 3 is 2.30 bits per heavy atom. The lowest BCUT2D eigenvalue weighted by molar-refractivity contribution is 0.0527. The van der Waals surface area contributed by atoms with Crippen LogP contribution in [0, 0.1) is 6.92 Å². The first-order chi connectivity index (χ1) is 9.42. The largest absolute Gasteiger partial charge is 0.462 e. The van der Waals surface area contributed by atoms with Crippen LogP contribution in [0.25, 0.3) is 0 Å². The van der Waals surface area contributed by atoms with Gasteiger partial charge in [-0.1, -0.05) is 0 Å². The summed E-state index contributed by atoms with van der Waals surface area (Å²) in [6.07, 6.45) is 0. The standard InChI is InChI=1S/C12H16N2O4S2/c1-4-17-10(15)7-6(3)8(11(16)18-5-2)20-9(7)14-12(13)19/h4-5H2,1-3H3,(H3,13,14,19). The molecule has 0 atom stereocenters. The summed E-state index contributed by atoms with van der Waals surface area (Å²) >= 11 is 5.83. The van der Waals surface area contributed by atoms with Crippen LogP contribution >= 0.6 is 23.6 Å². The highest BCUT2D eigenvalue weighted by atomic mass is 32.1. The summed E-state index contributed by atoms with van der Waals surface area (Å²) in [4.78, 5) is 24.1. The molecule has 0 saturated carbocycles. The number of ether oxygens (including phenoxy) is 2. The molecule has 8 heteroatoms. The molecule has 0 unspecified atom stereocenters. The number of carbonyl (C=O) groups is 2. The number of anilines is 1. The van der Waals surface area contributed by atoms with Crippen molar-refractivity contribution >= 4 is 45.6 Å². The Morgan fingerprint density at radius 1 is 1.25 bits per heavy atom. The molecule has 1 rings (SSSR count). The van der Waals surface area contributed by atoms with Gasteiger partial charge in [-0.3, -0.25) is 0 Å². The van der Waals surface area contributed by atoms with Crippen LogP contribution < -0.4 is 11.1 Å². The van der Waals surface area contributed by atoms with E-state index in [1.165, 1.54) is 0 Å². The summed E-state index contributed by atoms with van der Waals surface area (Å²) in [5.74, 6) is -1.02. The van der Waals surface area contributed by atoms with Gasteiger partial charge in [0.1, 0.15) is 9.88 Å². The molecule has 0 aliphatic heterocycles. The Labute approximate surface area is 126 Å². The lowest BCUT2D eigenvalue weighted by Crippen LogP contribution is -2.20. The van der Waals surface area contributed by atoms with Gasteiger partial charge in [-0.05, 0) is 38.6 Å². The van der Waals surface area contributed by atoms with E-state index in [4.69, 9.17) is 27.4 Å². The Kier molecular flexibility index (Phi) is 5.90. The maximum atomic E-state index is 12.0. The SMILES string of the molecule is CCOC(=O)c1sc(NC(N)=S)c(C(=O)OCC)c1C. The number of hydrogen-bond donors (Lipinski definition) is 2. The second-order valence-electron chi connectivity index (χ2n) is 3.69. The van der Waals surface area contributed by atoms with E-state index < -0.39 is 11.9 Å². The fourth-order valence-corrected chi connectivity index (χ4v) is 2.82. The summed E-state index contributed by atoms with van der Waals surface area (Å²) in [5.41, 5.74) is 6.17. The third-order valence-corrected chi connectivity index (χ3v) is 3.61. The van der Waals surface area contributed by atoms with Crippen LogP contribution in [0.5, 0.6) is 0 Å². The summed E-state index contributed by atoms with van der Waals surface area (Å²) in [6, 6.07) is 0. The van der Waals surface area contributed by atoms with Crippen molar-refractivity contribution in [2.45, 2.75) is 20.8 Å².